The highest BCUT2D eigenvalue weighted by Gasteiger charge is 2.42. The number of carbonyl (C=O) groups excluding carboxylic acids is 1. The van der Waals surface area contributed by atoms with Gasteiger partial charge in [-0.05, 0) is 53.9 Å². The molecule has 0 saturated carbocycles. The average molecular weight is 341 g/mol. The maximum absolute atomic E-state index is 12.2. The van der Waals surface area contributed by atoms with Crippen molar-refractivity contribution in [3.05, 3.63) is 28.2 Å². The van der Waals surface area contributed by atoms with Gasteiger partial charge in [-0.1, -0.05) is 6.07 Å². The van der Waals surface area contributed by atoms with E-state index in [-0.39, 0.29) is 12.6 Å². The summed E-state index contributed by atoms with van der Waals surface area (Å²) in [7, 11) is 0. The van der Waals surface area contributed by atoms with Crippen molar-refractivity contribution < 1.29 is 14.7 Å². The Morgan fingerprint density at radius 1 is 1.45 bits per heavy atom. The topological polar surface area (TPSA) is 69.6 Å². The fourth-order valence-corrected chi connectivity index (χ4v) is 2.58. The van der Waals surface area contributed by atoms with Crippen LogP contribution in [0.15, 0.2) is 22.7 Å². The first kappa shape index (κ1) is 14.8. The molecule has 1 heterocycles. The molecule has 108 valence electrons. The highest BCUT2D eigenvalue weighted by atomic mass is 79.9. The molecule has 1 unspecified atom stereocenters. The van der Waals surface area contributed by atoms with Crippen LogP contribution in [0.1, 0.15) is 18.9 Å². The number of hydrogen-bond acceptors (Lipinski definition) is 2. The normalized spacial score (nSPS) is 21.9. The van der Waals surface area contributed by atoms with Crippen LogP contribution >= 0.6 is 15.9 Å². The van der Waals surface area contributed by atoms with Crippen molar-refractivity contribution in [2.45, 2.75) is 20.3 Å². The molecule has 5 nitrogen and oxygen atoms in total. The van der Waals surface area contributed by atoms with E-state index in [2.05, 4.69) is 21.2 Å². The fourth-order valence-electron chi connectivity index (χ4n) is 2.24. The third kappa shape index (κ3) is 2.95. The van der Waals surface area contributed by atoms with Gasteiger partial charge in [0.15, 0.2) is 0 Å². The molecule has 1 aliphatic heterocycles. The number of aryl methyl sites for hydroxylation is 1. The number of hydrogen-bond donors (Lipinski definition) is 2. The summed E-state index contributed by atoms with van der Waals surface area (Å²) in [6.45, 7) is 4.31. The quantitative estimate of drug-likeness (QED) is 0.869. The van der Waals surface area contributed by atoms with Crippen LogP contribution < -0.4 is 5.32 Å². The van der Waals surface area contributed by atoms with Gasteiger partial charge in [-0.2, -0.15) is 0 Å². The van der Waals surface area contributed by atoms with E-state index in [9.17, 15) is 14.7 Å². The lowest BCUT2D eigenvalue weighted by Gasteiger charge is -2.21. The molecular weight excluding hydrogens is 324 g/mol. The van der Waals surface area contributed by atoms with Gasteiger partial charge in [0.05, 0.1) is 11.1 Å². The van der Waals surface area contributed by atoms with Crippen molar-refractivity contribution >= 4 is 33.6 Å². The van der Waals surface area contributed by atoms with Gasteiger partial charge in [-0.15, -0.1) is 0 Å². The van der Waals surface area contributed by atoms with Gasteiger partial charge < -0.3 is 15.3 Å². The molecule has 2 rings (SSSR count). The number of halogens is 1. The maximum Gasteiger partial charge on any atom is 0.321 e. The minimum Gasteiger partial charge on any atom is -0.481 e. The molecule has 0 aliphatic carbocycles. The smallest absolute Gasteiger partial charge is 0.321 e. The number of carbonyl (C=O) groups is 2. The van der Waals surface area contributed by atoms with Crippen LogP contribution in [0.25, 0.3) is 0 Å². The van der Waals surface area contributed by atoms with Crippen LogP contribution in [0.4, 0.5) is 10.5 Å². The van der Waals surface area contributed by atoms with E-state index in [1.54, 1.807) is 11.8 Å². The number of anilines is 1. The first-order valence-electron chi connectivity index (χ1n) is 6.37. The molecule has 1 saturated heterocycles. The van der Waals surface area contributed by atoms with Crippen LogP contribution in [-0.2, 0) is 4.79 Å². The summed E-state index contributed by atoms with van der Waals surface area (Å²) in [5, 5.41) is 12.0. The standard InChI is InChI=1S/C14H17BrN2O3/c1-9-3-4-10(15)11(7-9)16-13(20)17-6-5-14(2,8-17)12(18)19/h3-4,7H,5-6,8H2,1-2H3,(H,16,20)(H,18,19). The Bertz CT molecular complexity index is 561. The molecule has 1 atom stereocenters. The fraction of sp³-hybridized carbons (Fsp3) is 0.429. The van der Waals surface area contributed by atoms with Crippen molar-refractivity contribution in [3.8, 4) is 0 Å². The Labute approximate surface area is 126 Å². The van der Waals surface area contributed by atoms with Crippen molar-refractivity contribution in [2.75, 3.05) is 18.4 Å². The molecule has 0 spiro atoms. The van der Waals surface area contributed by atoms with Gasteiger partial charge in [0.2, 0.25) is 0 Å². The monoisotopic (exact) mass is 340 g/mol. The summed E-state index contributed by atoms with van der Waals surface area (Å²) in [5.74, 6) is -0.857. The Morgan fingerprint density at radius 3 is 2.75 bits per heavy atom. The molecule has 0 bridgehead atoms. The molecule has 0 aromatic heterocycles. The second-order valence-electron chi connectivity index (χ2n) is 5.45. The van der Waals surface area contributed by atoms with Crippen LogP contribution in [0.5, 0.6) is 0 Å². The SMILES string of the molecule is Cc1ccc(Br)c(NC(=O)N2CCC(C)(C(=O)O)C2)c1. The van der Waals surface area contributed by atoms with Crippen molar-refractivity contribution in [3.63, 3.8) is 0 Å². The lowest BCUT2D eigenvalue weighted by atomic mass is 9.90. The lowest BCUT2D eigenvalue weighted by Crippen LogP contribution is -2.37. The Morgan fingerprint density at radius 2 is 2.15 bits per heavy atom. The number of nitrogens with zero attached hydrogens (tertiary/aromatic N) is 1. The number of aliphatic carboxylic acids is 1. The van der Waals surface area contributed by atoms with E-state index >= 15 is 0 Å². The third-order valence-corrected chi connectivity index (χ3v) is 4.33. The Kier molecular flexibility index (Phi) is 4.04. The summed E-state index contributed by atoms with van der Waals surface area (Å²) in [6.07, 6.45) is 0.477. The van der Waals surface area contributed by atoms with Crippen molar-refractivity contribution in [1.82, 2.24) is 4.90 Å². The zero-order chi connectivity index (χ0) is 14.9. The van der Waals surface area contributed by atoms with Crippen LogP contribution in [0.3, 0.4) is 0 Å². The predicted molar refractivity (Wildman–Crippen MR) is 79.8 cm³/mol. The molecule has 6 heteroatoms. The number of carboxylic acid groups (broad SMARTS) is 1. The van der Waals surface area contributed by atoms with Gasteiger partial charge in [0, 0.05) is 17.6 Å². The molecule has 1 aromatic carbocycles. The minimum absolute atomic E-state index is 0.234. The molecule has 2 N–H and O–H groups in total. The summed E-state index contributed by atoms with van der Waals surface area (Å²) in [6, 6.07) is 5.42. The van der Waals surface area contributed by atoms with E-state index in [0.717, 1.165) is 10.0 Å². The van der Waals surface area contributed by atoms with E-state index in [1.807, 2.05) is 25.1 Å². The van der Waals surface area contributed by atoms with Gasteiger partial charge in [-0.3, -0.25) is 4.79 Å². The van der Waals surface area contributed by atoms with Gasteiger partial charge in [0.25, 0.3) is 0 Å². The highest BCUT2D eigenvalue weighted by molar-refractivity contribution is 9.10. The zero-order valence-electron chi connectivity index (χ0n) is 11.4. The van der Waals surface area contributed by atoms with Crippen molar-refractivity contribution in [1.29, 1.82) is 0 Å². The summed E-state index contributed by atoms with van der Waals surface area (Å²) in [5.41, 5.74) is 0.889. The number of benzene rings is 1. The van der Waals surface area contributed by atoms with E-state index in [0.29, 0.717) is 18.7 Å². The Balaban J connectivity index is 2.07. The summed E-state index contributed by atoms with van der Waals surface area (Å²) < 4.78 is 0.802. The lowest BCUT2D eigenvalue weighted by molar-refractivity contribution is -0.146. The summed E-state index contributed by atoms with van der Waals surface area (Å²) >= 11 is 3.39. The second-order valence-corrected chi connectivity index (χ2v) is 6.31. The van der Waals surface area contributed by atoms with Gasteiger partial charge in [0.1, 0.15) is 0 Å². The van der Waals surface area contributed by atoms with Crippen LogP contribution in [0, 0.1) is 12.3 Å². The molecule has 2 amide bonds. The van der Waals surface area contributed by atoms with Crippen LogP contribution in [0.2, 0.25) is 0 Å². The van der Waals surface area contributed by atoms with E-state index in [1.165, 1.54) is 0 Å². The zero-order valence-corrected chi connectivity index (χ0v) is 13.0. The Hall–Kier alpha value is -1.56. The number of likely N-dealkylation sites (tertiary alicyclic amines) is 1. The van der Waals surface area contributed by atoms with E-state index < -0.39 is 11.4 Å². The predicted octanol–water partition coefficient (Wildman–Crippen LogP) is 3.09. The van der Waals surface area contributed by atoms with Gasteiger partial charge in [-0.25, -0.2) is 4.79 Å². The number of nitrogens with one attached hydrogen (secondary N) is 1. The molecule has 1 aliphatic rings. The molecular formula is C14H17BrN2O3. The second kappa shape index (κ2) is 5.44. The minimum atomic E-state index is -0.857. The largest absolute Gasteiger partial charge is 0.481 e. The number of rotatable bonds is 2. The van der Waals surface area contributed by atoms with E-state index in [4.69, 9.17) is 0 Å². The third-order valence-electron chi connectivity index (χ3n) is 3.64. The number of carboxylic acids is 1. The number of amides is 2. The first-order valence-corrected chi connectivity index (χ1v) is 7.17. The first-order chi connectivity index (χ1) is 9.32. The summed E-state index contributed by atoms with van der Waals surface area (Å²) in [4.78, 5) is 24.9. The highest BCUT2D eigenvalue weighted by Crippen LogP contribution is 2.31. The van der Waals surface area contributed by atoms with Gasteiger partial charge >= 0.3 is 12.0 Å². The van der Waals surface area contributed by atoms with Crippen molar-refractivity contribution in [2.24, 2.45) is 5.41 Å². The molecule has 1 aromatic rings. The number of urea groups is 1. The molecule has 1 fully saturated rings. The average Bonchev–Trinajstić information content (AvgIpc) is 2.78. The molecule has 0 radical (unpaired) electrons. The molecule has 20 heavy (non-hydrogen) atoms. The van der Waals surface area contributed by atoms with Crippen LogP contribution in [-0.4, -0.2) is 35.1 Å². The maximum atomic E-state index is 12.2.